The summed E-state index contributed by atoms with van der Waals surface area (Å²) in [5.74, 6) is 0.309. The van der Waals surface area contributed by atoms with Crippen LogP contribution in [0.4, 0.5) is 0 Å². The van der Waals surface area contributed by atoms with Gasteiger partial charge in [-0.15, -0.1) is 0 Å². The molecule has 6 nitrogen and oxygen atoms in total. The topological polar surface area (TPSA) is 89.9 Å². The second-order valence-corrected chi connectivity index (χ2v) is 12.5. The van der Waals surface area contributed by atoms with Gasteiger partial charge in [-0.05, 0) is 50.5 Å². The predicted molar refractivity (Wildman–Crippen MR) is 187 cm³/mol. The molecule has 0 amide bonds. The molecule has 0 unspecified atom stereocenters. The van der Waals surface area contributed by atoms with E-state index in [1.165, 1.54) is 51.4 Å². The van der Waals surface area contributed by atoms with E-state index < -0.39 is 12.1 Å². The molecule has 0 aromatic rings. The number of carbonyl (C=O) groups excluding carboxylic acids is 3. The summed E-state index contributed by atoms with van der Waals surface area (Å²) < 4.78 is 10.5. The van der Waals surface area contributed by atoms with Crippen LogP contribution in [0.1, 0.15) is 156 Å². The van der Waals surface area contributed by atoms with Crippen molar-refractivity contribution in [2.45, 2.75) is 162 Å². The van der Waals surface area contributed by atoms with Gasteiger partial charge in [0.2, 0.25) is 0 Å². The van der Waals surface area contributed by atoms with Gasteiger partial charge in [0.15, 0.2) is 11.9 Å². The van der Waals surface area contributed by atoms with Gasteiger partial charge in [0.1, 0.15) is 6.61 Å². The van der Waals surface area contributed by atoms with Gasteiger partial charge < -0.3 is 14.6 Å². The highest BCUT2D eigenvalue weighted by molar-refractivity contribution is 5.89. The molecule has 0 spiro atoms. The Morgan fingerprint density at radius 3 is 1.87 bits per heavy atom. The van der Waals surface area contributed by atoms with Crippen LogP contribution >= 0.6 is 0 Å². The highest BCUT2D eigenvalue weighted by atomic mass is 16.6. The maximum atomic E-state index is 12.1. The Kier molecular flexibility index (Phi) is 31.1. The van der Waals surface area contributed by atoms with Crippen LogP contribution in [-0.2, 0) is 23.9 Å². The maximum Gasteiger partial charge on any atom is 0.306 e. The van der Waals surface area contributed by atoms with Gasteiger partial charge in [-0.3, -0.25) is 14.4 Å². The number of ketones is 1. The van der Waals surface area contributed by atoms with Crippen LogP contribution in [0.15, 0.2) is 48.6 Å². The number of esters is 2. The van der Waals surface area contributed by atoms with E-state index >= 15 is 0 Å². The number of hydrogen-bond donors (Lipinski definition) is 1. The number of hydrogen-bond acceptors (Lipinski definition) is 6. The zero-order valence-electron chi connectivity index (χ0n) is 29.0. The van der Waals surface area contributed by atoms with Gasteiger partial charge in [0.25, 0.3) is 0 Å². The molecule has 0 aliphatic heterocycles. The predicted octanol–water partition coefficient (Wildman–Crippen LogP) is 10.1. The van der Waals surface area contributed by atoms with Crippen molar-refractivity contribution in [1.82, 2.24) is 0 Å². The van der Waals surface area contributed by atoms with E-state index in [2.05, 4.69) is 39.0 Å². The average molecular weight is 631 g/mol. The van der Waals surface area contributed by atoms with Crippen LogP contribution in [-0.4, -0.2) is 42.1 Å². The van der Waals surface area contributed by atoms with Crippen LogP contribution in [0.3, 0.4) is 0 Å². The number of carbonyl (C=O) groups is 3. The molecule has 0 radical (unpaired) electrons. The summed E-state index contributed by atoms with van der Waals surface area (Å²) in [4.78, 5) is 35.8. The molecule has 0 aromatic heterocycles. The Labute approximate surface area is 275 Å². The zero-order chi connectivity index (χ0) is 33.2. The lowest BCUT2D eigenvalue weighted by molar-refractivity contribution is -0.161. The third kappa shape index (κ3) is 32.7. The molecule has 45 heavy (non-hydrogen) atoms. The summed E-state index contributed by atoms with van der Waals surface area (Å²) in [7, 11) is 0. The van der Waals surface area contributed by atoms with Crippen LogP contribution in [0.2, 0.25) is 0 Å². The highest BCUT2D eigenvalue weighted by Crippen LogP contribution is 2.14. The fraction of sp³-hybridized carbons (Fsp3) is 0.718. The second-order valence-electron chi connectivity index (χ2n) is 12.5. The Morgan fingerprint density at radius 2 is 1.22 bits per heavy atom. The Balaban J connectivity index is 3.75. The fourth-order valence-electron chi connectivity index (χ4n) is 4.74. The van der Waals surface area contributed by atoms with Gasteiger partial charge in [0, 0.05) is 19.3 Å². The van der Waals surface area contributed by atoms with E-state index in [0.29, 0.717) is 19.3 Å². The highest BCUT2D eigenvalue weighted by Gasteiger charge is 2.15. The number of unbranched alkanes of at least 4 members (excludes halogenated alkanes) is 12. The molecule has 0 heterocycles. The van der Waals surface area contributed by atoms with E-state index in [4.69, 9.17) is 9.47 Å². The van der Waals surface area contributed by atoms with Crippen molar-refractivity contribution in [3.05, 3.63) is 48.6 Å². The van der Waals surface area contributed by atoms with Gasteiger partial charge in [-0.25, -0.2) is 0 Å². The van der Waals surface area contributed by atoms with E-state index in [0.717, 1.165) is 63.7 Å². The number of rotatable bonds is 31. The summed E-state index contributed by atoms with van der Waals surface area (Å²) in [6.45, 7) is 6.23. The minimum absolute atomic E-state index is 0.104. The van der Waals surface area contributed by atoms with Crippen molar-refractivity contribution >= 4 is 17.7 Å². The summed E-state index contributed by atoms with van der Waals surface area (Å²) >= 11 is 0. The molecule has 258 valence electrons. The lowest BCUT2D eigenvalue weighted by atomic mass is 10.0. The van der Waals surface area contributed by atoms with Crippen LogP contribution in [0.5, 0.6) is 0 Å². The van der Waals surface area contributed by atoms with Crippen LogP contribution < -0.4 is 0 Å². The van der Waals surface area contributed by atoms with Crippen LogP contribution in [0, 0.1) is 5.92 Å². The first-order valence-corrected chi connectivity index (χ1v) is 18.0. The Morgan fingerprint density at radius 1 is 0.644 bits per heavy atom. The lowest BCUT2D eigenvalue weighted by Crippen LogP contribution is -2.28. The molecule has 0 saturated carbocycles. The monoisotopic (exact) mass is 630 g/mol. The third-order valence-corrected chi connectivity index (χ3v) is 7.53. The number of allylic oxidation sites excluding steroid dienone is 8. The van der Waals surface area contributed by atoms with Crippen molar-refractivity contribution in [2.24, 2.45) is 5.92 Å². The van der Waals surface area contributed by atoms with Gasteiger partial charge in [0.05, 0.1) is 6.61 Å². The summed E-state index contributed by atoms with van der Waals surface area (Å²) in [6.07, 6.45) is 35.8. The lowest BCUT2D eigenvalue weighted by Gasteiger charge is -2.15. The first-order valence-electron chi connectivity index (χ1n) is 18.0. The van der Waals surface area contributed by atoms with Crippen molar-refractivity contribution < 1.29 is 29.0 Å². The molecular weight excluding hydrogens is 564 g/mol. The summed E-state index contributed by atoms with van der Waals surface area (Å²) in [5.41, 5.74) is 0. The molecule has 0 aliphatic rings. The minimum Gasteiger partial charge on any atom is -0.462 e. The largest absolute Gasteiger partial charge is 0.462 e. The van der Waals surface area contributed by atoms with Gasteiger partial charge in [-0.2, -0.15) is 0 Å². The normalized spacial score (nSPS) is 12.7. The molecule has 1 atom stereocenters. The SMILES string of the molecule is CCCCCC(=O)/C=C/C=C\C/C=C\C/C=C\CCCC(=O)O[C@@H](CO)COC(=O)CCCCCCCCCCCCC(C)C. The maximum absolute atomic E-state index is 12.1. The third-order valence-electron chi connectivity index (χ3n) is 7.53. The number of aliphatic hydroxyl groups is 1. The van der Waals surface area contributed by atoms with Gasteiger partial charge >= 0.3 is 11.9 Å². The first-order chi connectivity index (χ1) is 21.9. The fourth-order valence-corrected chi connectivity index (χ4v) is 4.74. The molecule has 0 aliphatic carbocycles. The minimum atomic E-state index is -0.816. The molecular formula is C39H66O6. The molecule has 0 rings (SSSR count). The van der Waals surface area contributed by atoms with Crippen molar-refractivity contribution in [2.75, 3.05) is 13.2 Å². The molecule has 0 bridgehead atoms. The quantitative estimate of drug-likeness (QED) is 0.0269. The summed E-state index contributed by atoms with van der Waals surface area (Å²) in [5, 5.41) is 9.51. The van der Waals surface area contributed by atoms with E-state index in [9.17, 15) is 19.5 Å². The van der Waals surface area contributed by atoms with Crippen LogP contribution in [0.25, 0.3) is 0 Å². The molecule has 0 aromatic carbocycles. The number of aliphatic hydroxyl groups excluding tert-OH is 1. The molecule has 6 heteroatoms. The first kappa shape index (κ1) is 42.5. The van der Waals surface area contributed by atoms with Crippen molar-refractivity contribution in [3.63, 3.8) is 0 Å². The average Bonchev–Trinajstić information content (AvgIpc) is 3.01. The van der Waals surface area contributed by atoms with Crippen molar-refractivity contribution in [1.29, 1.82) is 0 Å². The van der Waals surface area contributed by atoms with E-state index in [-0.39, 0.29) is 31.4 Å². The second kappa shape index (κ2) is 32.9. The van der Waals surface area contributed by atoms with Crippen molar-refractivity contribution in [3.8, 4) is 0 Å². The van der Waals surface area contributed by atoms with Gasteiger partial charge in [-0.1, -0.05) is 140 Å². The standard InChI is InChI=1S/C39H66O6/c1-4-5-23-29-36(41)30-25-20-16-12-7-6-8-14-18-22-27-32-39(43)45-37(33-40)34-44-38(42)31-26-21-17-13-10-9-11-15-19-24-28-35(2)3/h6-7,14,16,18,20,25,30,35,37,40H,4-5,8-13,15,17,19,21-24,26-29,31-34H2,1-3H3/b7-6-,18-14-,20-16-,30-25+/t37-/m0/s1. The zero-order valence-corrected chi connectivity index (χ0v) is 29.0. The Hall–Kier alpha value is -2.47. The molecule has 0 fully saturated rings. The van der Waals surface area contributed by atoms with E-state index in [1.807, 2.05) is 24.3 Å². The summed E-state index contributed by atoms with van der Waals surface area (Å²) in [6, 6.07) is 0. The Bertz CT molecular complexity index is 838. The molecule has 1 N–H and O–H groups in total. The molecule has 0 saturated heterocycles. The smallest absolute Gasteiger partial charge is 0.306 e. The van der Waals surface area contributed by atoms with E-state index in [1.54, 1.807) is 6.08 Å². The number of ether oxygens (including phenoxy) is 2.